The molecule has 0 spiro atoms. The summed E-state index contributed by atoms with van der Waals surface area (Å²) >= 11 is 0. The summed E-state index contributed by atoms with van der Waals surface area (Å²) in [5.41, 5.74) is 4.61. The number of hydrogen-bond acceptors (Lipinski definition) is 2. The highest BCUT2D eigenvalue weighted by Gasteiger charge is 2.32. The van der Waals surface area contributed by atoms with Crippen LogP contribution in [0.3, 0.4) is 0 Å². The van der Waals surface area contributed by atoms with Gasteiger partial charge in [0.1, 0.15) is 0 Å². The van der Waals surface area contributed by atoms with Crippen molar-refractivity contribution in [2.45, 2.75) is 25.4 Å². The summed E-state index contributed by atoms with van der Waals surface area (Å²) in [6.07, 6.45) is -3.17. The van der Waals surface area contributed by atoms with Crippen LogP contribution in [0.2, 0.25) is 0 Å². The van der Waals surface area contributed by atoms with Crippen molar-refractivity contribution < 1.29 is 13.2 Å². The van der Waals surface area contributed by atoms with E-state index in [1.807, 2.05) is 0 Å². The van der Waals surface area contributed by atoms with Crippen LogP contribution in [0.25, 0.3) is 0 Å². The van der Waals surface area contributed by atoms with Crippen LogP contribution < -0.4 is 5.73 Å². The molecule has 0 aromatic carbocycles. The molecule has 0 aliphatic carbocycles. The molecular weight excluding hydrogens is 205 g/mol. The summed E-state index contributed by atoms with van der Waals surface area (Å²) in [5, 5.41) is 0. The smallest absolute Gasteiger partial charge is 0.330 e. The fourth-order valence-electron chi connectivity index (χ4n) is 1.08. The zero-order chi connectivity index (χ0) is 11.7. The lowest BCUT2D eigenvalue weighted by Crippen LogP contribution is -2.29. The Labute approximate surface area is 86.3 Å². The lowest BCUT2D eigenvalue weighted by Gasteiger charge is -2.22. The Balaban J connectivity index is 3.14. The molecule has 1 heterocycles. The number of nitrogens with zero attached hydrogens (tertiary/aromatic N) is 1. The Bertz CT molecular complexity index is 345. The van der Waals surface area contributed by atoms with Gasteiger partial charge in [-0.25, -0.2) is 0 Å². The predicted molar refractivity (Wildman–Crippen MR) is 51.3 cm³/mol. The lowest BCUT2D eigenvalue weighted by molar-refractivity contribution is -0.137. The van der Waals surface area contributed by atoms with Gasteiger partial charge in [-0.05, 0) is 12.1 Å². The van der Waals surface area contributed by atoms with Crippen LogP contribution in [0.15, 0.2) is 18.3 Å². The molecule has 0 aliphatic heterocycles. The van der Waals surface area contributed by atoms with Crippen LogP contribution in [0.4, 0.5) is 13.2 Å². The largest absolute Gasteiger partial charge is 0.416 e. The molecule has 5 heteroatoms. The van der Waals surface area contributed by atoms with Gasteiger partial charge in [-0.15, -0.1) is 0 Å². The highest BCUT2D eigenvalue weighted by molar-refractivity contribution is 5.24. The van der Waals surface area contributed by atoms with Gasteiger partial charge in [-0.2, -0.15) is 13.2 Å². The molecule has 15 heavy (non-hydrogen) atoms. The summed E-state index contributed by atoms with van der Waals surface area (Å²) in [5.74, 6) is 0. The van der Waals surface area contributed by atoms with Gasteiger partial charge in [0.05, 0.1) is 5.56 Å². The van der Waals surface area contributed by atoms with E-state index >= 15 is 0 Å². The fourth-order valence-corrected chi connectivity index (χ4v) is 1.08. The minimum Gasteiger partial charge on any atom is -0.330 e. The number of nitrogens with two attached hydrogens (primary N) is 1. The van der Waals surface area contributed by atoms with Gasteiger partial charge >= 0.3 is 6.18 Å². The van der Waals surface area contributed by atoms with Crippen LogP contribution in [-0.2, 0) is 11.6 Å². The lowest BCUT2D eigenvalue weighted by atomic mass is 9.88. The molecule has 2 N–H and O–H groups in total. The van der Waals surface area contributed by atoms with E-state index in [0.717, 1.165) is 18.3 Å². The predicted octanol–water partition coefficient (Wildman–Crippen LogP) is 2.34. The molecule has 84 valence electrons. The van der Waals surface area contributed by atoms with Crippen molar-refractivity contribution in [3.05, 3.63) is 29.6 Å². The van der Waals surface area contributed by atoms with Crippen molar-refractivity contribution in [1.29, 1.82) is 0 Å². The van der Waals surface area contributed by atoms with Gasteiger partial charge in [0.25, 0.3) is 0 Å². The number of alkyl halides is 3. The Kier molecular flexibility index (Phi) is 3.04. The third-order valence-electron chi connectivity index (χ3n) is 2.29. The van der Waals surface area contributed by atoms with Crippen LogP contribution in [-0.4, -0.2) is 11.5 Å². The molecule has 0 aliphatic rings. The monoisotopic (exact) mass is 218 g/mol. The number of pyridine rings is 1. The van der Waals surface area contributed by atoms with Gasteiger partial charge in [0.15, 0.2) is 0 Å². The summed E-state index contributed by atoms with van der Waals surface area (Å²) < 4.78 is 37.2. The highest BCUT2D eigenvalue weighted by Crippen LogP contribution is 2.31. The molecule has 0 radical (unpaired) electrons. The molecule has 0 atom stereocenters. The third kappa shape index (κ3) is 2.68. The maximum absolute atomic E-state index is 12.4. The first-order valence-electron chi connectivity index (χ1n) is 4.51. The summed E-state index contributed by atoms with van der Waals surface area (Å²) in [7, 11) is 0. The molecule has 0 fully saturated rings. The summed E-state index contributed by atoms with van der Waals surface area (Å²) in [6.45, 7) is 3.77. The molecule has 0 unspecified atom stereocenters. The first-order chi connectivity index (χ1) is 6.77. The van der Waals surface area contributed by atoms with Gasteiger partial charge in [0.2, 0.25) is 0 Å². The van der Waals surface area contributed by atoms with Crippen molar-refractivity contribution in [2.24, 2.45) is 5.73 Å². The van der Waals surface area contributed by atoms with Gasteiger partial charge in [-0.3, -0.25) is 4.98 Å². The Hall–Kier alpha value is -1.10. The minimum atomic E-state index is -4.33. The average Bonchev–Trinajstić information content (AvgIpc) is 2.17. The number of aromatic nitrogens is 1. The van der Waals surface area contributed by atoms with Gasteiger partial charge in [0, 0.05) is 23.9 Å². The quantitative estimate of drug-likeness (QED) is 0.827. The second kappa shape index (κ2) is 3.81. The number of rotatable bonds is 2. The number of hydrogen-bond donors (Lipinski definition) is 1. The molecule has 2 nitrogen and oxygen atoms in total. The highest BCUT2D eigenvalue weighted by atomic mass is 19.4. The molecule has 1 rings (SSSR count). The van der Waals surface area contributed by atoms with E-state index in [2.05, 4.69) is 4.98 Å². The van der Waals surface area contributed by atoms with E-state index in [-0.39, 0.29) is 6.54 Å². The topological polar surface area (TPSA) is 38.9 Å². The fraction of sp³-hybridized carbons (Fsp3) is 0.500. The zero-order valence-electron chi connectivity index (χ0n) is 8.60. The molecule has 0 bridgehead atoms. The Morgan fingerprint density at radius 3 is 2.40 bits per heavy atom. The van der Waals surface area contributed by atoms with Crippen molar-refractivity contribution in [3.63, 3.8) is 0 Å². The SMILES string of the molecule is CC(C)(CN)c1cc(C(F)(F)F)ccn1. The van der Waals surface area contributed by atoms with E-state index in [0.29, 0.717) is 5.69 Å². The third-order valence-corrected chi connectivity index (χ3v) is 2.29. The van der Waals surface area contributed by atoms with Gasteiger partial charge < -0.3 is 5.73 Å². The molecule has 1 aromatic heterocycles. The molecule has 0 saturated carbocycles. The Morgan fingerprint density at radius 1 is 1.33 bits per heavy atom. The van der Waals surface area contributed by atoms with Crippen molar-refractivity contribution >= 4 is 0 Å². The number of halogens is 3. The standard InChI is InChI=1S/C10H13F3N2/c1-9(2,6-14)8-5-7(3-4-15-8)10(11,12)13/h3-5H,6,14H2,1-2H3. The second-order valence-electron chi connectivity index (χ2n) is 4.02. The molecule has 0 amide bonds. The normalized spacial score (nSPS) is 12.9. The first kappa shape index (κ1) is 12.0. The van der Waals surface area contributed by atoms with E-state index in [9.17, 15) is 13.2 Å². The molecule has 1 aromatic rings. The molecule has 0 saturated heterocycles. The Morgan fingerprint density at radius 2 is 1.93 bits per heavy atom. The average molecular weight is 218 g/mol. The van der Waals surface area contributed by atoms with E-state index in [1.54, 1.807) is 13.8 Å². The minimum absolute atomic E-state index is 0.251. The zero-order valence-corrected chi connectivity index (χ0v) is 8.60. The van der Waals surface area contributed by atoms with Crippen LogP contribution >= 0.6 is 0 Å². The van der Waals surface area contributed by atoms with E-state index < -0.39 is 17.2 Å². The second-order valence-corrected chi connectivity index (χ2v) is 4.02. The first-order valence-corrected chi connectivity index (χ1v) is 4.51. The maximum atomic E-state index is 12.4. The van der Waals surface area contributed by atoms with E-state index in [4.69, 9.17) is 5.73 Å². The summed E-state index contributed by atoms with van der Waals surface area (Å²) in [6, 6.07) is 2.00. The van der Waals surface area contributed by atoms with Crippen LogP contribution in [0.5, 0.6) is 0 Å². The molecular formula is C10H13F3N2. The van der Waals surface area contributed by atoms with E-state index in [1.165, 1.54) is 0 Å². The van der Waals surface area contributed by atoms with Crippen LogP contribution in [0.1, 0.15) is 25.1 Å². The van der Waals surface area contributed by atoms with Crippen LogP contribution in [0, 0.1) is 0 Å². The van der Waals surface area contributed by atoms with Crippen molar-refractivity contribution in [2.75, 3.05) is 6.54 Å². The maximum Gasteiger partial charge on any atom is 0.416 e. The van der Waals surface area contributed by atoms with Crippen molar-refractivity contribution in [1.82, 2.24) is 4.98 Å². The summed E-state index contributed by atoms with van der Waals surface area (Å²) in [4.78, 5) is 3.92. The van der Waals surface area contributed by atoms with Crippen molar-refractivity contribution in [3.8, 4) is 0 Å². The van der Waals surface area contributed by atoms with Gasteiger partial charge in [-0.1, -0.05) is 13.8 Å².